The Kier molecular flexibility index (Phi) is 4.03. The lowest BCUT2D eigenvalue weighted by molar-refractivity contribution is 0.0941. The van der Waals surface area contributed by atoms with Crippen molar-refractivity contribution < 1.29 is 9.53 Å². The number of methoxy groups -OCH3 is 1. The lowest BCUT2D eigenvalue weighted by Crippen LogP contribution is -2.24. The van der Waals surface area contributed by atoms with Gasteiger partial charge in [0.05, 0.1) is 6.61 Å². The lowest BCUT2D eigenvalue weighted by atomic mass is 10.1. The zero-order chi connectivity index (χ0) is 12.8. The summed E-state index contributed by atoms with van der Waals surface area (Å²) in [7, 11) is 1.65. The molecule has 0 fully saturated rings. The first kappa shape index (κ1) is 12.3. The molecule has 6 nitrogen and oxygen atoms in total. The maximum atomic E-state index is 11.6. The van der Waals surface area contributed by atoms with E-state index in [1.165, 1.54) is 6.33 Å². The number of H-pyrrole nitrogens is 1. The van der Waals surface area contributed by atoms with Crippen LogP contribution < -0.4 is 5.32 Å². The molecule has 0 bridgehead atoms. The summed E-state index contributed by atoms with van der Waals surface area (Å²) < 4.78 is 5.06. The Bertz CT molecular complexity index is 511. The second kappa shape index (κ2) is 5.92. The third-order valence-corrected chi connectivity index (χ3v) is 2.39. The van der Waals surface area contributed by atoms with Crippen LogP contribution in [0.4, 0.5) is 0 Å². The molecule has 2 aromatic rings. The number of carbonyl (C=O) groups excluding carboxylic acids is 1. The van der Waals surface area contributed by atoms with Crippen molar-refractivity contribution in [2.75, 3.05) is 7.11 Å². The Morgan fingerprint density at radius 1 is 1.44 bits per heavy atom. The van der Waals surface area contributed by atoms with Gasteiger partial charge in [0.15, 0.2) is 0 Å². The molecule has 0 saturated heterocycles. The number of aromatic amines is 1. The highest BCUT2D eigenvalue weighted by Gasteiger charge is 2.07. The molecular formula is C12H14N4O2. The molecule has 1 heterocycles. The van der Waals surface area contributed by atoms with Crippen LogP contribution in [0.1, 0.15) is 21.7 Å². The minimum Gasteiger partial charge on any atom is -0.380 e. The smallest absolute Gasteiger partial charge is 0.288 e. The summed E-state index contributed by atoms with van der Waals surface area (Å²) in [5, 5.41) is 8.89. The molecule has 0 spiro atoms. The third-order valence-electron chi connectivity index (χ3n) is 2.39. The molecule has 94 valence electrons. The fourth-order valence-electron chi connectivity index (χ4n) is 1.58. The first-order valence-corrected chi connectivity index (χ1v) is 5.50. The number of rotatable bonds is 5. The van der Waals surface area contributed by atoms with Gasteiger partial charge in [-0.05, 0) is 11.1 Å². The highest BCUT2D eigenvalue weighted by molar-refractivity contribution is 5.90. The van der Waals surface area contributed by atoms with Crippen molar-refractivity contribution in [2.45, 2.75) is 13.2 Å². The van der Waals surface area contributed by atoms with Crippen LogP contribution in [-0.4, -0.2) is 28.2 Å². The van der Waals surface area contributed by atoms with Crippen LogP contribution in [0, 0.1) is 0 Å². The van der Waals surface area contributed by atoms with Gasteiger partial charge in [-0.1, -0.05) is 24.3 Å². The molecule has 1 aromatic carbocycles. The van der Waals surface area contributed by atoms with Crippen molar-refractivity contribution in [3.8, 4) is 0 Å². The maximum absolute atomic E-state index is 11.6. The van der Waals surface area contributed by atoms with Crippen molar-refractivity contribution in [3.05, 3.63) is 47.5 Å². The number of benzene rings is 1. The zero-order valence-corrected chi connectivity index (χ0v) is 10.0. The molecule has 0 aliphatic carbocycles. The molecule has 0 aliphatic rings. The second-order valence-electron chi connectivity index (χ2n) is 3.77. The van der Waals surface area contributed by atoms with E-state index in [0.29, 0.717) is 13.2 Å². The van der Waals surface area contributed by atoms with E-state index in [1.807, 2.05) is 24.3 Å². The van der Waals surface area contributed by atoms with Crippen LogP contribution in [0.3, 0.4) is 0 Å². The van der Waals surface area contributed by atoms with Gasteiger partial charge in [0.2, 0.25) is 5.82 Å². The third kappa shape index (κ3) is 3.14. The van der Waals surface area contributed by atoms with Gasteiger partial charge in [0, 0.05) is 13.7 Å². The largest absolute Gasteiger partial charge is 0.380 e. The van der Waals surface area contributed by atoms with Gasteiger partial charge in [-0.25, -0.2) is 4.98 Å². The van der Waals surface area contributed by atoms with Gasteiger partial charge < -0.3 is 10.1 Å². The Morgan fingerprint density at radius 2 is 2.28 bits per heavy atom. The summed E-state index contributed by atoms with van der Waals surface area (Å²) in [6.07, 6.45) is 1.30. The summed E-state index contributed by atoms with van der Waals surface area (Å²) in [5.41, 5.74) is 2.08. The Morgan fingerprint density at radius 3 is 3.00 bits per heavy atom. The number of ether oxygens (including phenoxy) is 1. The highest BCUT2D eigenvalue weighted by Crippen LogP contribution is 2.06. The average molecular weight is 246 g/mol. The quantitative estimate of drug-likeness (QED) is 0.820. The van der Waals surface area contributed by atoms with Gasteiger partial charge in [-0.15, -0.1) is 0 Å². The Labute approximate surface area is 104 Å². The monoisotopic (exact) mass is 246 g/mol. The fraction of sp³-hybridized carbons (Fsp3) is 0.250. The van der Waals surface area contributed by atoms with Crippen LogP contribution in [-0.2, 0) is 17.9 Å². The minimum atomic E-state index is -0.273. The van der Waals surface area contributed by atoms with E-state index in [9.17, 15) is 4.79 Å². The molecule has 18 heavy (non-hydrogen) atoms. The molecule has 0 radical (unpaired) electrons. The molecule has 2 N–H and O–H groups in total. The fourth-order valence-corrected chi connectivity index (χ4v) is 1.58. The Balaban J connectivity index is 1.93. The molecule has 2 rings (SSSR count). The predicted molar refractivity (Wildman–Crippen MR) is 64.7 cm³/mol. The minimum absolute atomic E-state index is 0.211. The first-order chi connectivity index (χ1) is 8.79. The second-order valence-corrected chi connectivity index (χ2v) is 3.77. The summed E-state index contributed by atoms with van der Waals surface area (Å²) >= 11 is 0. The van der Waals surface area contributed by atoms with Crippen molar-refractivity contribution in [3.63, 3.8) is 0 Å². The van der Waals surface area contributed by atoms with Crippen LogP contribution in [0.25, 0.3) is 0 Å². The van der Waals surface area contributed by atoms with Crippen LogP contribution in [0.2, 0.25) is 0 Å². The Hall–Kier alpha value is -2.21. The maximum Gasteiger partial charge on any atom is 0.288 e. The normalized spacial score (nSPS) is 10.3. The van der Waals surface area contributed by atoms with E-state index < -0.39 is 0 Å². The van der Waals surface area contributed by atoms with Crippen molar-refractivity contribution in [2.24, 2.45) is 0 Å². The van der Waals surface area contributed by atoms with Crippen LogP contribution in [0.15, 0.2) is 30.6 Å². The lowest BCUT2D eigenvalue weighted by Gasteiger charge is -2.05. The van der Waals surface area contributed by atoms with Crippen molar-refractivity contribution in [1.82, 2.24) is 20.5 Å². The summed E-state index contributed by atoms with van der Waals surface area (Å²) in [6.45, 7) is 1.00. The zero-order valence-electron chi connectivity index (χ0n) is 10.0. The van der Waals surface area contributed by atoms with E-state index in [2.05, 4.69) is 20.5 Å². The molecule has 6 heteroatoms. The van der Waals surface area contributed by atoms with Gasteiger partial charge in [0.25, 0.3) is 5.91 Å². The molecule has 0 atom stereocenters. The first-order valence-electron chi connectivity index (χ1n) is 5.50. The summed E-state index contributed by atoms with van der Waals surface area (Å²) in [6, 6.07) is 7.85. The number of hydrogen-bond donors (Lipinski definition) is 2. The topological polar surface area (TPSA) is 79.9 Å². The SMILES string of the molecule is COCc1cccc(CNC(=O)c2ncn[nH]2)c1. The van der Waals surface area contributed by atoms with Crippen molar-refractivity contribution in [1.29, 1.82) is 0 Å². The number of hydrogen-bond acceptors (Lipinski definition) is 4. The van der Waals surface area contributed by atoms with E-state index in [-0.39, 0.29) is 11.7 Å². The van der Waals surface area contributed by atoms with E-state index in [0.717, 1.165) is 11.1 Å². The number of aromatic nitrogens is 3. The molecule has 0 unspecified atom stereocenters. The van der Waals surface area contributed by atoms with E-state index >= 15 is 0 Å². The number of nitrogens with one attached hydrogen (secondary N) is 2. The van der Waals surface area contributed by atoms with E-state index in [1.54, 1.807) is 7.11 Å². The summed E-state index contributed by atoms with van der Waals surface area (Å²) in [4.78, 5) is 15.4. The van der Waals surface area contributed by atoms with E-state index in [4.69, 9.17) is 4.74 Å². The predicted octanol–water partition coefficient (Wildman–Crippen LogP) is 0.881. The van der Waals surface area contributed by atoms with Gasteiger partial charge in [-0.3, -0.25) is 9.89 Å². The van der Waals surface area contributed by atoms with Gasteiger partial charge in [-0.2, -0.15) is 5.10 Å². The molecular weight excluding hydrogens is 232 g/mol. The summed E-state index contributed by atoms with van der Waals surface area (Å²) in [5.74, 6) is -0.0623. The highest BCUT2D eigenvalue weighted by atomic mass is 16.5. The number of amides is 1. The molecule has 0 saturated carbocycles. The molecule has 0 aliphatic heterocycles. The van der Waals surface area contributed by atoms with Crippen LogP contribution >= 0.6 is 0 Å². The average Bonchev–Trinajstić information content (AvgIpc) is 2.91. The van der Waals surface area contributed by atoms with Gasteiger partial charge in [0.1, 0.15) is 6.33 Å². The number of carbonyl (C=O) groups is 1. The molecule has 1 aromatic heterocycles. The van der Waals surface area contributed by atoms with Crippen molar-refractivity contribution >= 4 is 5.91 Å². The van der Waals surface area contributed by atoms with Crippen LogP contribution in [0.5, 0.6) is 0 Å². The number of nitrogens with zero attached hydrogens (tertiary/aromatic N) is 2. The van der Waals surface area contributed by atoms with Gasteiger partial charge >= 0.3 is 0 Å². The standard InChI is InChI=1S/C12H14N4O2/c1-18-7-10-4-2-3-9(5-10)6-13-12(17)11-14-8-15-16-11/h2-5,8H,6-7H2,1H3,(H,13,17)(H,14,15,16). The molecule has 1 amide bonds.